The zero-order chi connectivity index (χ0) is 15.4. The summed E-state index contributed by atoms with van der Waals surface area (Å²) >= 11 is 0. The number of hydrogen-bond acceptors (Lipinski definition) is 5. The number of nitrogens with two attached hydrogens (primary N) is 1. The summed E-state index contributed by atoms with van der Waals surface area (Å²) in [5.74, 6) is 0.224. The van der Waals surface area contributed by atoms with Gasteiger partial charge >= 0.3 is 0 Å². The van der Waals surface area contributed by atoms with Gasteiger partial charge < -0.3 is 10.5 Å². The quantitative estimate of drug-likeness (QED) is 0.622. The number of anilines is 1. The zero-order valence-corrected chi connectivity index (χ0v) is 12.4. The van der Waals surface area contributed by atoms with Crippen molar-refractivity contribution in [2.45, 2.75) is 32.9 Å². The number of imide groups is 1. The van der Waals surface area contributed by atoms with Crippen molar-refractivity contribution in [3.63, 3.8) is 0 Å². The van der Waals surface area contributed by atoms with Gasteiger partial charge in [0.25, 0.3) is 0 Å². The lowest BCUT2D eigenvalue weighted by Gasteiger charge is -2.33. The first-order valence-corrected chi connectivity index (χ1v) is 7.14. The molecule has 2 rings (SSSR count). The van der Waals surface area contributed by atoms with Crippen LogP contribution in [0.4, 0.5) is 5.69 Å². The van der Waals surface area contributed by atoms with E-state index in [1.54, 1.807) is 6.07 Å². The van der Waals surface area contributed by atoms with Crippen molar-refractivity contribution in [3.05, 3.63) is 23.8 Å². The molecule has 0 spiro atoms. The Balaban J connectivity index is 2.24. The highest BCUT2D eigenvalue weighted by Crippen LogP contribution is 2.25. The van der Waals surface area contributed by atoms with E-state index in [1.165, 1.54) is 0 Å². The molecule has 0 aliphatic carbocycles. The molecule has 1 fully saturated rings. The highest BCUT2D eigenvalue weighted by Gasteiger charge is 2.32. The molecule has 1 aromatic rings. The van der Waals surface area contributed by atoms with Crippen LogP contribution in [0, 0.1) is 0 Å². The van der Waals surface area contributed by atoms with Gasteiger partial charge in [0, 0.05) is 17.8 Å². The summed E-state index contributed by atoms with van der Waals surface area (Å²) in [4.78, 5) is 25.3. The Kier molecular flexibility index (Phi) is 4.80. The number of carbonyl (C=O) groups is 2. The Labute approximate surface area is 124 Å². The number of rotatable bonds is 5. The third-order valence-corrected chi connectivity index (χ3v) is 3.50. The van der Waals surface area contributed by atoms with Crippen LogP contribution in [0.1, 0.15) is 25.8 Å². The molecule has 1 unspecified atom stereocenters. The molecular formula is C15H21N3O3. The summed E-state index contributed by atoms with van der Waals surface area (Å²) in [6.07, 6.45) is 0.644. The number of ether oxygens (including phenoxy) is 1. The van der Waals surface area contributed by atoms with Crippen molar-refractivity contribution >= 4 is 17.5 Å². The van der Waals surface area contributed by atoms with Gasteiger partial charge in [-0.25, -0.2) is 0 Å². The Hall–Kier alpha value is -2.08. The van der Waals surface area contributed by atoms with Crippen molar-refractivity contribution in [2.75, 3.05) is 18.9 Å². The van der Waals surface area contributed by atoms with Gasteiger partial charge in [-0.15, -0.1) is 0 Å². The number of nitrogens with one attached hydrogen (secondary N) is 1. The van der Waals surface area contributed by atoms with Gasteiger partial charge in [0.1, 0.15) is 5.75 Å². The second-order valence-corrected chi connectivity index (χ2v) is 5.04. The molecule has 0 bridgehead atoms. The number of hydrogen-bond donors (Lipinski definition) is 2. The van der Waals surface area contributed by atoms with Crippen molar-refractivity contribution in [1.29, 1.82) is 0 Å². The summed E-state index contributed by atoms with van der Waals surface area (Å²) in [7, 11) is 0. The van der Waals surface area contributed by atoms with Gasteiger partial charge in [-0.1, -0.05) is 6.92 Å². The number of nitrogens with zero attached hydrogens (tertiary/aromatic N) is 1. The van der Waals surface area contributed by atoms with E-state index in [4.69, 9.17) is 10.5 Å². The van der Waals surface area contributed by atoms with Gasteiger partial charge in [0.2, 0.25) is 11.8 Å². The van der Waals surface area contributed by atoms with Crippen LogP contribution in [-0.2, 0) is 16.1 Å². The molecule has 0 aromatic heterocycles. The van der Waals surface area contributed by atoms with Crippen LogP contribution in [0.5, 0.6) is 5.75 Å². The van der Waals surface area contributed by atoms with Crippen molar-refractivity contribution in [1.82, 2.24) is 10.2 Å². The van der Waals surface area contributed by atoms with Gasteiger partial charge in [0.15, 0.2) is 0 Å². The number of benzene rings is 1. The van der Waals surface area contributed by atoms with Crippen LogP contribution in [0.3, 0.4) is 0 Å². The van der Waals surface area contributed by atoms with E-state index in [2.05, 4.69) is 5.32 Å². The van der Waals surface area contributed by atoms with Crippen molar-refractivity contribution in [2.24, 2.45) is 0 Å². The van der Waals surface area contributed by atoms with Crippen LogP contribution >= 0.6 is 0 Å². The van der Waals surface area contributed by atoms with Crippen LogP contribution in [0.2, 0.25) is 0 Å². The predicted molar refractivity (Wildman–Crippen MR) is 79.7 cm³/mol. The highest BCUT2D eigenvalue weighted by atomic mass is 16.5. The second kappa shape index (κ2) is 6.58. The fourth-order valence-corrected chi connectivity index (χ4v) is 2.57. The third kappa shape index (κ3) is 3.52. The van der Waals surface area contributed by atoms with Gasteiger partial charge in [-0.3, -0.25) is 19.8 Å². The molecule has 1 atom stereocenters. The molecule has 21 heavy (non-hydrogen) atoms. The lowest BCUT2D eigenvalue weighted by atomic mass is 10.1. The maximum atomic E-state index is 11.9. The Bertz CT molecular complexity index is 545. The second-order valence-electron chi connectivity index (χ2n) is 5.04. The fraction of sp³-hybridized carbons (Fsp3) is 0.467. The maximum Gasteiger partial charge on any atom is 0.243 e. The molecule has 1 aromatic carbocycles. The predicted octanol–water partition coefficient (Wildman–Crippen LogP) is 0.905. The van der Waals surface area contributed by atoms with E-state index >= 15 is 0 Å². The molecule has 2 amide bonds. The monoisotopic (exact) mass is 291 g/mol. The molecule has 0 saturated carbocycles. The first-order chi connectivity index (χ1) is 10.0. The van der Waals surface area contributed by atoms with Gasteiger partial charge in [0.05, 0.1) is 19.2 Å². The van der Waals surface area contributed by atoms with Crippen LogP contribution < -0.4 is 15.8 Å². The minimum Gasteiger partial charge on any atom is -0.494 e. The molecule has 6 nitrogen and oxygen atoms in total. The molecule has 6 heteroatoms. The molecule has 1 saturated heterocycles. The minimum absolute atomic E-state index is 0.199. The normalized spacial score (nSPS) is 19.4. The van der Waals surface area contributed by atoms with Crippen LogP contribution in [-0.4, -0.2) is 35.9 Å². The standard InChI is InChI=1S/C15H21N3O3/c1-3-12-15(20)17-14(19)9-18(12)8-10-7-11(16)5-6-13(10)21-4-2/h5-7,12H,3-4,8-9,16H2,1-2H3,(H,17,19,20). The molecule has 1 aliphatic rings. The van der Waals surface area contributed by atoms with E-state index in [9.17, 15) is 9.59 Å². The van der Waals surface area contributed by atoms with Crippen LogP contribution in [0.15, 0.2) is 18.2 Å². The highest BCUT2D eigenvalue weighted by molar-refractivity contribution is 6.01. The Morgan fingerprint density at radius 2 is 2.14 bits per heavy atom. The van der Waals surface area contributed by atoms with Gasteiger partial charge in [-0.2, -0.15) is 0 Å². The zero-order valence-electron chi connectivity index (χ0n) is 12.4. The molecule has 1 heterocycles. The molecule has 3 N–H and O–H groups in total. The summed E-state index contributed by atoms with van der Waals surface area (Å²) in [5, 5.41) is 2.37. The summed E-state index contributed by atoms with van der Waals surface area (Å²) in [5.41, 5.74) is 7.35. The minimum atomic E-state index is -0.307. The third-order valence-electron chi connectivity index (χ3n) is 3.50. The molecule has 114 valence electrons. The van der Waals surface area contributed by atoms with Gasteiger partial charge in [-0.05, 0) is 31.5 Å². The number of amides is 2. The maximum absolute atomic E-state index is 11.9. The smallest absolute Gasteiger partial charge is 0.243 e. The average molecular weight is 291 g/mol. The SMILES string of the molecule is CCOc1ccc(N)cc1CN1CC(=O)NC(=O)C1CC. The fourth-order valence-electron chi connectivity index (χ4n) is 2.57. The number of carbonyl (C=O) groups excluding carboxylic acids is 2. The summed E-state index contributed by atoms with van der Waals surface area (Å²) in [6, 6.07) is 5.12. The lowest BCUT2D eigenvalue weighted by molar-refractivity contribution is -0.140. The largest absolute Gasteiger partial charge is 0.494 e. The number of nitrogen functional groups attached to an aromatic ring is 1. The Morgan fingerprint density at radius 1 is 1.38 bits per heavy atom. The molecular weight excluding hydrogens is 270 g/mol. The summed E-state index contributed by atoms with van der Waals surface area (Å²) in [6.45, 7) is 5.04. The average Bonchev–Trinajstić information content (AvgIpc) is 2.41. The topological polar surface area (TPSA) is 84.7 Å². The van der Waals surface area contributed by atoms with E-state index in [0.29, 0.717) is 25.3 Å². The van der Waals surface area contributed by atoms with Crippen molar-refractivity contribution < 1.29 is 14.3 Å². The first-order valence-electron chi connectivity index (χ1n) is 7.14. The van der Waals surface area contributed by atoms with Crippen molar-refractivity contribution in [3.8, 4) is 5.75 Å². The Morgan fingerprint density at radius 3 is 2.81 bits per heavy atom. The van der Waals surface area contributed by atoms with E-state index in [-0.39, 0.29) is 24.4 Å². The van der Waals surface area contributed by atoms with Crippen LogP contribution in [0.25, 0.3) is 0 Å². The number of piperazine rings is 1. The van der Waals surface area contributed by atoms with E-state index in [1.807, 2.05) is 30.9 Å². The summed E-state index contributed by atoms with van der Waals surface area (Å²) < 4.78 is 5.59. The van der Waals surface area contributed by atoms with E-state index < -0.39 is 0 Å². The molecule has 0 radical (unpaired) electrons. The first kappa shape index (κ1) is 15.3. The molecule has 1 aliphatic heterocycles. The lowest BCUT2D eigenvalue weighted by Crippen LogP contribution is -2.57. The van der Waals surface area contributed by atoms with E-state index in [0.717, 1.165) is 11.3 Å².